The van der Waals surface area contributed by atoms with E-state index in [0.29, 0.717) is 12.0 Å². The first-order chi connectivity index (χ1) is 5.79. The van der Waals surface area contributed by atoms with Crippen LogP contribution in [0, 0.1) is 5.92 Å². The third-order valence-corrected chi connectivity index (χ3v) is 2.67. The van der Waals surface area contributed by atoms with Crippen molar-refractivity contribution >= 4 is 0 Å². The molecule has 0 spiro atoms. The van der Waals surface area contributed by atoms with Crippen LogP contribution in [0.4, 0.5) is 0 Å². The molecule has 0 amide bonds. The van der Waals surface area contributed by atoms with Crippen molar-refractivity contribution in [3.63, 3.8) is 0 Å². The lowest BCUT2D eigenvalue weighted by atomic mass is 9.95. The zero-order valence-corrected chi connectivity index (χ0v) is 7.70. The predicted molar refractivity (Wildman–Crippen MR) is 46.8 cm³/mol. The summed E-state index contributed by atoms with van der Waals surface area (Å²) in [6, 6.07) is 0.628. The van der Waals surface area contributed by atoms with Crippen molar-refractivity contribution in [3.8, 4) is 0 Å². The van der Waals surface area contributed by atoms with E-state index in [2.05, 4.69) is 28.6 Å². The van der Waals surface area contributed by atoms with Crippen LogP contribution in [0.5, 0.6) is 0 Å². The third kappa shape index (κ3) is 1.13. The Morgan fingerprint density at radius 3 is 3.17 bits per heavy atom. The number of aromatic nitrogens is 3. The number of fused-ring (bicyclic) bond motifs is 1. The van der Waals surface area contributed by atoms with E-state index in [1.807, 2.05) is 6.33 Å². The molecule has 3 nitrogen and oxygen atoms in total. The van der Waals surface area contributed by atoms with Gasteiger partial charge in [0, 0.05) is 12.5 Å². The molecule has 66 valence electrons. The van der Waals surface area contributed by atoms with Crippen LogP contribution in [0.15, 0.2) is 6.33 Å². The molecule has 0 aliphatic carbocycles. The molecular formula is C9H15N3. The van der Waals surface area contributed by atoms with Gasteiger partial charge in [-0.15, -0.1) is 10.2 Å². The lowest BCUT2D eigenvalue weighted by Crippen LogP contribution is -2.21. The van der Waals surface area contributed by atoms with Crippen LogP contribution in [0.3, 0.4) is 0 Å². The van der Waals surface area contributed by atoms with Gasteiger partial charge in [0.2, 0.25) is 0 Å². The first-order valence-electron chi connectivity index (χ1n) is 4.67. The minimum Gasteiger partial charge on any atom is -0.314 e. The molecule has 0 bridgehead atoms. The molecule has 1 unspecified atom stereocenters. The molecule has 0 radical (unpaired) electrons. The van der Waals surface area contributed by atoms with Gasteiger partial charge in [-0.25, -0.2) is 0 Å². The van der Waals surface area contributed by atoms with Crippen LogP contribution in [0.1, 0.15) is 38.6 Å². The van der Waals surface area contributed by atoms with E-state index in [9.17, 15) is 0 Å². The first-order valence-corrected chi connectivity index (χ1v) is 4.67. The Balaban J connectivity index is 2.31. The van der Waals surface area contributed by atoms with Gasteiger partial charge in [0.05, 0.1) is 0 Å². The fraction of sp³-hybridized carbons (Fsp3) is 0.778. The quantitative estimate of drug-likeness (QED) is 0.635. The van der Waals surface area contributed by atoms with Crippen molar-refractivity contribution < 1.29 is 0 Å². The smallest absolute Gasteiger partial charge is 0.133 e. The fourth-order valence-electron chi connectivity index (χ4n) is 1.99. The van der Waals surface area contributed by atoms with Crippen LogP contribution in [-0.4, -0.2) is 14.8 Å². The van der Waals surface area contributed by atoms with Gasteiger partial charge < -0.3 is 4.57 Å². The third-order valence-electron chi connectivity index (χ3n) is 2.67. The summed E-state index contributed by atoms with van der Waals surface area (Å²) in [6.07, 6.45) is 5.52. The summed E-state index contributed by atoms with van der Waals surface area (Å²) < 4.78 is 2.24. The minimum atomic E-state index is 0.628. The number of rotatable bonds is 1. The fourth-order valence-corrected chi connectivity index (χ4v) is 1.99. The van der Waals surface area contributed by atoms with Crippen molar-refractivity contribution in [1.29, 1.82) is 0 Å². The Morgan fingerprint density at radius 2 is 2.42 bits per heavy atom. The second-order valence-corrected chi connectivity index (χ2v) is 3.86. The maximum absolute atomic E-state index is 4.10. The van der Waals surface area contributed by atoms with Crippen molar-refractivity contribution in [2.45, 2.75) is 39.2 Å². The highest BCUT2D eigenvalue weighted by molar-refractivity contribution is 4.94. The van der Waals surface area contributed by atoms with E-state index in [1.54, 1.807) is 0 Å². The maximum atomic E-state index is 4.10. The number of hydrogen-bond acceptors (Lipinski definition) is 2. The number of hydrogen-bond donors (Lipinski definition) is 0. The monoisotopic (exact) mass is 165 g/mol. The molecule has 0 saturated carbocycles. The highest BCUT2D eigenvalue weighted by Gasteiger charge is 2.22. The van der Waals surface area contributed by atoms with Crippen molar-refractivity contribution in [2.75, 3.05) is 0 Å². The highest BCUT2D eigenvalue weighted by atomic mass is 15.3. The molecule has 2 heterocycles. The Kier molecular flexibility index (Phi) is 1.87. The van der Waals surface area contributed by atoms with Crippen LogP contribution >= 0.6 is 0 Å². The zero-order chi connectivity index (χ0) is 8.55. The van der Waals surface area contributed by atoms with Gasteiger partial charge in [-0.3, -0.25) is 0 Å². The zero-order valence-electron chi connectivity index (χ0n) is 7.70. The van der Waals surface area contributed by atoms with Crippen molar-refractivity contribution in [1.82, 2.24) is 14.8 Å². The molecule has 1 aromatic rings. The van der Waals surface area contributed by atoms with E-state index in [0.717, 1.165) is 6.42 Å². The predicted octanol–water partition coefficient (Wildman–Crippen LogP) is 1.81. The lowest BCUT2D eigenvalue weighted by Gasteiger charge is -2.27. The SMILES string of the molecule is CC(C)C1CCCc2nncn21. The number of nitrogens with zero attached hydrogens (tertiary/aromatic N) is 3. The molecule has 3 heteroatoms. The summed E-state index contributed by atoms with van der Waals surface area (Å²) in [5, 5.41) is 8.05. The van der Waals surface area contributed by atoms with Gasteiger partial charge in [0.25, 0.3) is 0 Å². The van der Waals surface area contributed by atoms with E-state index >= 15 is 0 Å². The summed E-state index contributed by atoms with van der Waals surface area (Å²) in [5.41, 5.74) is 0. The summed E-state index contributed by atoms with van der Waals surface area (Å²) in [4.78, 5) is 0. The summed E-state index contributed by atoms with van der Waals surface area (Å²) in [7, 11) is 0. The van der Waals surface area contributed by atoms with Crippen LogP contribution in [0.25, 0.3) is 0 Å². The van der Waals surface area contributed by atoms with Gasteiger partial charge in [0.1, 0.15) is 12.2 Å². The number of aryl methyl sites for hydroxylation is 1. The Hall–Kier alpha value is -0.860. The highest BCUT2D eigenvalue weighted by Crippen LogP contribution is 2.28. The summed E-state index contributed by atoms with van der Waals surface area (Å²) >= 11 is 0. The van der Waals surface area contributed by atoms with Crippen LogP contribution in [-0.2, 0) is 6.42 Å². The molecule has 0 N–H and O–H groups in total. The molecule has 2 rings (SSSR count). The van der Waals surface area contributed by atoms with Gasteiger partial charge in [-0.1, -0.05) is 13.8 Å². The first kappa shape index (κ1) is 7.77. The molecule has 1 aliphatic heterocycles. The van der Waals surface area contributed by atoms with E-state index in [4.69, 9.17) is 0 Å². The molecule has 1 aromatic heterocycles. The van der Waals surface area contributed by atoms with Crippen molar-refractivity contribution in [3.05, 3.63) is 12.2 Å². The van der Waals surface area contributed by atoms with E-state index < -0.39 is 0 Å². The molecule has 0 saturated heterocycles. The summed E-state index contributed by atoms with van der Waals surface area (Å²) in [5.74, 6) is 1.86. The average Bonchev–Trinajstić information content (AvgIpc) is 2.49. The van der Waals surface area contributed by atoms with Gasteiger partial charge in [0.15, 0.2) is 0 Å². The van der Waals surface area contributed by atoms with Gasteiger partial charge in [-0.2, -0.15) is 0 Å². The standard InChI is InChI=1S/C9H15N3/c1-7(2)8-4-3-5-9-11-10-6-12(8)9/h6-8H,3-5H2,1-2H3. The molecule has 1 atom stereocenters. The Morgan fingerprint density at radius 1 is 1.58 bits per heavy atom. The van der Waals surface area contributed by atoms with Gasteiger partial charge >= 0.3 is 0 Å². The molecule has 0 fully saturated rings. The minimum absolute atomic E-state index is 0.628. The van der Waals surface area contributed by atoms with Gasteiger partial charge in [-0.05, 0) is 18.8 Å². The lowest BCUT2D eigenvalue weighted by molar-refractivity contribution is 0.310. The summed E-state index contributed by atoms with van der Waals surface area (Å²) in [6.45, 7) is 4.53. The van der Waals surface area contributed by atoms with Crippen LogP contribution in [0.2, 0.25) is 0 Å². The average molecular weight is 165 g/mol. The molecule has 12 heavy (non-hydrogen) atoms. The second kappa shape index (κ2) is 2.88. The van der Waals surface area contributed by atoms with E-state index in [1.165, 1.54) is 18.7 Å². The molecular weight excluding hydrogens is 150 g/mol. The molecule has 1 aliphatic rings. The normalized spacial score (nSPS) is 22.8. The molecule has 0 aromatic carbocycles. The topological polar surface area (TPSA) is 30.7 Å². The Labute approximate surface area is 72.8 Å². The Bertz CT molecular complexity index is 264. The van der Waals surface area contributed by atoms with Crippen molar-refractivity contribution in [2.24, 2.45) is 5.92 Å². The van der Waals surface area contributed by atoms with E-state index in [-0.39, 0.29) is 0 Å². The maximum Gasteiger partial charge on any atom is 0.133 e. The second-order valence-electron chi connectivity index (χ2n) is 3.86. The van der Waals surface area contributed by atoms with Crippen LogP contribution < -0.4 is 0 Å². The largest absolute Gasteiger partial charge is 0.314 e.